The van der Waals surface area contributed by atoms with Gasteiger partial charge in [-0.3, -0.25) is 0 Å². The first-order valence-electron chi connectivity index (χ1n) is 6.40. The Hall–Kier alpha value is 0.870. The molecule has 1 heterocycles. The molecule has 0 aromatic carbocycles. The summed E-state index contributed by atoms with van der Waals surface area (Å²) >= 11 is 7.40. The molecular weight excluding hydrogens is 361 g/mol. The summed E-state index contributed by atoms with van der Waals surface area (Å²) in [6.07, 6.45) is 8.14. The highest BCUT2D eigenvalue weighted by Crippen LogP contribution is 2.47. The highest BCUT2D eigenvalue weighted by Gasteiger charge is 2.45. The van der Waals surface area contributed by atoms with Gasteiger partial charge >= 0.3 is 0 Å². The van der Waals surface area contributed by atoms with E-state index in [1.807, 2.05) is 11.9 Å². The molecule has 1 nitrogen and oxygen atoms in total. The highest BCUT2D eigenvalue weighted by atomic mass is 127. The number of allylic oxidation sites excluding steroid dienone is 1. The quantitative estimate of drug-likeness (QED) is 0.306. The average molecular weight is 383 g/mol. The minimum Gasteiger partial charge on any atom is -1.00 e. The van der Waals surface area contributed by atoms with E-state index in [9.17, 15) is 0 Å². The first-order valence-corrected chi connectivity index (χ1v) is 7.58. The third kappa shape index (κ3) is 2.90. The third-order valence-electron chi connectivity index (χ3n) is 4.15. The Kier molecular flexibility index (Phi) is 5.95. The van der Waals surface area contributed by atoms with Crippen molar-refractivity contribution in [3.63, 3.8) is 0 Å². The van der Waals surface area contributed by atoms with Crippen molar-refractivity contribution in [1.82, 2.24) is 0 Å². The lowest BCUT2D eigenvalue weighted by molar-refractivity contribution is -0.763. The van der Waals surface area contributed by atoms with Gasteiger partial charge in [-0.15, -0.1) is 0 Å². The zero-order valence-corrected chi connectivity index (χ0v) is 14.8. The van der Waals surface area contributed by atoms with Gasteiger partial charge in [-0.25, -0.2) is 3.89 Å². The standard InChI is InChI=1S/C13H22NS2.HI/c1-4-12-10(2)13(15)16-14(12,3)11-8-6-5-7-9-11;/h11H,4-9H2,1-3H3;1H/q+1;/p-1. The fourth-order valence-corrected chi connectivity index (χ4v) is 5.11. The number of quaternary nitrogens is 1. The molecule has 1 atom stereocenters. The van der Waals surface area contributed by atoms with E-state index in [1.165, 1.54) is 37.7 Å². The van der Waals surface area contributed by atoms with E-state index in [2.05, 4.69) is 20.9 Å². The summed E-state index contributed by atoms with van der Waals surface area (Å²) in [5, 5.41) is 0. The summed E-state index contributed by atoms with van der Waals surface area (Å²) in [5.41, 5.74) is 2.96. The Labute approximate surface area is 132 Å². The summed E-state index contributed by atoms with van der Waals surface area (Å²) in [5.74, 6) is 0. The minimum atomic E-state index is 0. The maximum atomic E-state index is 5.49. The topological polar surface area (TPSA) is 0 Å². The molecule has 0 aromatic rings. The maximum Gasteiger partial charge on any atom is 0.138 e. The Morgan fingerprint density at radius 2 is 1.88 bits per heavy atom. The van der Waals surface area contributed by atoms with Crippen LogP contribution in [0, 0.1) is 0 Å². The van der Waals surface area contributed by atoms with Crippen LogP contribution in [0.2, 0.25) is 0 Å². The van der Waals surface area contributed by atoms with Crippen molar-refractivity contribution in [3.05, 3.63) is 11.3 Å². The van der Waals surface area contributed by atoms with E-state index in [1.54, 1.807) is 5.70 Å². The molecule has 0 saturated heterocycles. The normalized spacial score (nSPS) is 30.6. The zero-order valence-electron chi connectivity index (χ0n) is 11.0. The fourth-order valence-electron chi connectivity index (χ4n) is 3.19. The third-order valence-corrected chi connectivity index (χ3v) is 6.05. The molecule has 0 bridgehead atoms. The van der Waals surface area contributed by atoms with Crippen molar-refractivity contribution in [3.8, 4) is 0 Å². The van der Waals surface area contributed by atoms with Crippen molar-refractivity contribution >= 4 is 28.4 Å². The molecule has 0 aromatic heterocycles. The van der Waals surface area contributed by atoms with Crippen LogP contribution < -0.4 is 24.0 Å². The van der Waals surface area contributed by atoms with Crippen LogP contribution in [0.5, 0.6) is 0 Å². The molecule has 2 aliphatic rings. The van der Waals surface area contributed by atoms with Gasteiger partial charge in [0, 0.05) is 24.8 Å². The van der Waals surface area contributed by atoms with Gasteiger partial charge in [0.05, 0.1) is 7.05 Å². The highest BCUT2D eigenvalue weighted by molar-refractivity contribution is 8.20. The van der Waals surface area contributed by atoms with Gasteiger partial charge in [-0.2, -0.15) is 0 Å². The molecule has 0 N–H and O–H groups in total. The van der Waals surface area contributed by atoms with Gasteiger partial charge in [0.1, 0.15) is 27.9 Å². The van der Waals surface area contributed by atoms with Crippen molar-refractivity contribution in [2.45, 2.75) is 58.4 Å². The first kappa shape index (κ1) is 15.9. The van der Waals surface area contributed by atoms with E-state index in [0.29, 0.717) is 0 Å². The molecule has 1 unspecified atom stereocenters. The summed E-state index contributed by atoms with van der Waals surface area (Å²) in [6.45, 7) is 4.48. The van der Waals surface area contributed by atoms with Crippen LogP contribution in [0.1, 0.15) is 52.4 Å². The Morgan fingerprint density at radius 3 is 2.41 bits per heavy atom. The predicted octanol–water partition coefficient (Wildman–Crippen LogP) is 1.44. The molecule has 1 aliphatic carbocycles. The Balaban J connectivity index is 0.00000144. The van der Waals surface area contributed by atoms with Crippen molar-refractivity contribution in [2.24, 2.45) is 0 Å². The molecule has 0 amide bonds. The molecule has 4 heteroatoms. The van der Waals surface area contributed by atoms with Crippen molar-refractivity contribution in [1.29, 1.82) is 0 Å². The van der Waals surface area contributed by atoms with Gasteiger partial charge in [-0.1, -0.05) is 25.6 Å². The largest absolute Gasteiger partial charge is 1.00 e. The van der Waals surface area contributed by atoms with Gasteiger partial charge in [0.25, 0.3) is 0 Å². The van der Waals surface area contributed by atoms with E-state index < -0.39 is 0 Å². The monoisotopic (exact) mass is 383 g/mol. The fraction of sp³-hybridized carbons (Fsp3) is 0.769. The minimum absolute atomic E-state index is 0. The number of thiocarbonyl (C=S) groups is 1. The molecule has 1 aliphatic heterocycles. The van der Waals surface area contributed by atoms with E-state index in [-0.39, 0.29) is 24.0 Å². The summed E-state index contributed by atoms with van der Waals surface area (Å²) < 4.78 is 2.19. The van der Waals surface area contributed by atoms with Crippen molar-refractivity contribution in [2.75, 3.05) is 7.05 Å². The Morgan fingerprint density at radius 1 is 1.29 bits per heavy atom. The second kappa shape index (κ2) is 6.35. The second-order valence-electron chi connectivity index (χ2n) is 5.09. The number of rotatable bonds is 2. The zero-order chi connectivity index (χ0) is 11.8. The molecule has 1 fully saturated rings. The van der Waals surface area contributed by atoms with E-state index in [0.717, 1.165) is 20.5 Å². The lowest BCUT2D eigenvalue weighted by Crippen LogP contribution is -3.00. The van der Waals surface area contributed by atoms with Crippen LogP contribution in [0.25, 0.3) is 0 Å². The average Bonchev–Trinajstić information content (AvgIpc) is 2.52. The number of nitrogens with zero attached hydrogens (tertiary/aromatic N) is 1. The van der Waals surface area contributed by atoms with Crippen LogP contribution in [0.15, 0.2) is 11.3 Å². The van der Waals surface area contributed by atoms with Gasteiger partial charge in [0.15, 0.2) is 0 Å². The van der Waals surface area contributed by atoms with Crippen LogP contribution in [-0.2, 0) is 0 Å². The van der Waals surface area contributed by atoms with E-state index in [4.69, 9.17) is 12.2 Å². The van der Waals surface area contributed by atoms with Gasteiger partial charge < -0.3 is 24.0 Å². The SMILES string of the molecule is CCC1=C(C)C(=S)S[N+]1(C)C1CCCCC1.[I-]. The molecule has 98 valence electrons. The number of hydrogen-bond acceptors (Lipinski definition) is 2. The number of hydrogen-bond donors (Lipinski definition) is 0. The molecule has 0 spiro atoms. The maximum absolute atomic E-state index is 5.49. The van der Waals surface area contributed by atoms with Crippen molar-refractivity contribution < 1.29 is 27.9 Å². The van der Waals surface area contributed by atoms with Gasteiger partial charge in [0.2, 0.25) is 0 Å². The predicted molar refractivity (Wildman–Crippen MR) is 76.2 cm³/mol. The summed E-state index contributed by atoms with van der Waals surface area (Å²) in [7, 11) is 2.38. The Bertz CT molecular complexity index is 334. The summed E-state index contributed by atoms with van der Waals surface area (Å²) in [6, 6.07) is 0.795. The molecule has 2 rings (SSSR count). The van der Waals surface area contributed by atoms with Crippen LogP contribution in [0.4, 0.5) is 0 Å². The van der Waals surface area contributed by atoms with Crippen LogP contribution in [0.3, 0.4) is 0 Å². The smallest absolute Gasteiger partial charge is 0.138 e. The lowest BCUT2D eigenvalue weighted by atomic mass is 9.93. The molecule has 1 saturated carbocycles. The first-order chi connectivity index (χ1) is 7.59. The van der Waals surface area contributed by atoms with Crippen LogP contribution in [-0.4, -0.2) is 21.2 Å². The van der Waals surface area contributed by atoms with Crippen LogP contribution >= 0.6 is 24.2 Å². The lowest BCUT2D eigenvalue weighted by Gasteiger charge is -2.38. The molecular formula is C13H22INS2. The van der Waals surface area contributed by atoms with E-state index >= 15 is 0 Å². The molecule has 17 heavy (non-hydrogen) atoms. The van der Waals surface area contributed by atoms with Gasteiger partial charge in [-0.05, 0) is 19.8 Å². The summed E-state index contributed by atoms with van der Waals surface area (Å²) in [4.78, 5) is 0. The number of halogens is 1. The molecule has 0 radical (unpaired) electrons. The second-order valence-corrected chi connectivity index (χ2v) is 7.10.